The summed E-state index contributed by atoms with van der Waals surface area (Å²) in [5.74, 6) is 1.21. The van der Waals surface area contributed by atoms with Crippen molar-refractivity contribution in [3.05, 3.63) is 23.8 Å². The monoisotopic (exact) mass is 232 g/mol. The van der Waals surface area contributed by atoms with Gasteiger partial charge in [-0.2, -0.15) is 0 Å². The summed E-state index contributed by atoms with van der Waals surface area (Å²) >= 11 is 0. The molecule has 17 heavy (non-hydrogen) atoms. The van der Waals surface area contributed by atoms with E-state index < -0.39 is 0 Å². The zero-order valence-corrected chi connectivity index (χ0v) is 10.3. The number of benzene rings is 1. The molecule has 3 nitrogen and oxygen atoms in total. The second kappa shape index (κ2) is 4.22. The summed E-state index contributed by atoms with van der Waals surface area (Å²) < 4.78 is 0. The van der Waals surface area contributed by atoms with Crippen LogP contribution in [-0.2, 0) is 0 Å². The molecule has 92 valence electrons. The van der Waals surface area contributed by atoms with Crippen molar-refractivity contribution < 1.29 is 5.11 Å². The molecule has 2 bridgehead atoms. The zero-order valence-electron chi connectivity index (χ0n) is 10.3. The van der Waals surface area contributed by atoms with E-state index in [-0.39, 0.29) is 0 Å². The molecule has 0 spiro atoms. The van der Waals surface area contributed by atoms with Gasteiger partial charge in [0.25, 0.3) is 0 Å². The van der Waals surface area contributed by atoms with Crippen LogP contribution in [0.1, 0.15) is 18.4 Å². The van der Waals surface area contributed by atoms with Gasteiger partial charge < -0.3 is 15.3 Å². The first-order chi connectivity index (χ1) is 8.22. The molecular weight excluding hydrogens is 212 g/mol. The molecule has 0 aromatic heterocycles. The summed E-state index contributed by atoms with van der Waals surface area (Å²) in [5.41, 5.74) is 2.08. The molecular formula is C14H20N2O. The molecule has 3 fully saturated rings. The van der Waals surface area contributed by atoms with Crippen molar-refractivity contribution in [1.82, 2.24) is 4.90 Å². The molecule has 3 heterocycles. The molecule has 3 heteroatoms. The normalized spacial score (nSPS) is 31.5. The van der Waals surface area contributed by atoms with Crippen molar-refractivity contribution in [3.63, 3.8) is 0 Å². The number of fused-ring (bicyclic) bond motifs is 3. The number of aromatic hydroxyl groups is 1. The van der Waals surface area contributed by atoms with E-state index in [0.717, 1.165) is 17.2 Å². The van der Waals surface area contributed by atoms with Crippen LogP contribution < -0.4 is 5.32 Å². The Morgan fingerprint density at radius 3 is 2.65 bits per heavy atom. The van der Waals surface area contributed by atoms with Gasteiger partial charge in [-0.3, -0.25) is 0 Å². The van der Waals surface area contributed by atoms with Crippen LogP contribution in [0.15, 0.2) is 18.2 Å². The molecule has 3 saturated heterocycles. The van der Waals surface area contributed by atoms with Gasteiger partial charge >= 0.3 is 0 Å². The average Bonchev–Trinajstić information content (AvgIpc) is 2.35. The first kappa shape index (κ1) is 10.9. The van der Waals surface area contributed by atoms with Gasteiger partial charge in [0.05, 0.1) is 0 Å². The molecule has 0 aliphatic carbocycles. The van der Waals surface area contributed by atoms with E-state index in [1.54, 1.807) is 6.07 Å². The van der Waals surface area contributed by atoms with Crippen LogP contribution in [0.4, 0.5) is 5.69 Å². The number of hydrogen-bond donors (Lipinski definition) is 2. The third-order valence-electron chi connectivity index (χ3n) is 4.21. The smallest absolute Gasteiger partial charge is 0.118 e. The summed E-state index contributed by atoms with van der Waals surface area (Å²) in [4.78, 5) is 2.55. The van der Waals surface area contributed by atoms with Crippen LogP contribution in [-0.4, -0.2) is 35.7 Å². The molecule has 3 aliphatic heterocycles. The van der Waals surface area contributed by atoms with Crippen LogP contribution in [0.5, 0.6) is 5.75 Å². The average molecular weight is 232 g/mol. The van der Waals surface area contributed by atoms with E-state index in [4.69, 9.17) is 0 Å². The SMILES string of the molecule is Cc1cc(NC2CN3CCC2CC3)ccc1O. The maximum absolute atomic E-state index is 9.52. The number of rotatable bonds is 2. The predicted molar refractivity (Wildman–Crippen MR) is 69.4 cm³/mol. The van der Waals surface area contributed by atoms with Gasteiger partial charge in [-0.25, -0.2) is 0 Å². The van der Waals surface area contributed by atoms with Crippen LogP contribution >= 0.6 is 0 Å². The lowest BCUT2D eigenvalue weighted by molar-refractivity contribution is 0.0975. The Kier molecular flexibility index (Phi) is 2.71. The third kappa shape index (κ3) is 2.12. The topological polar surface area (TPSA) is 35.5 Å². The van der Waals surface area contributed by atoms with Gasteiger partial charge in [0.2, 0.25) is 0 Å². The predicted octanol–water partition coefficient (Wildman–Crippen LogP) is 2.21. The molecule has 1 aromatic rings. The van der Waals surface area contributed by atoms with Crippen molar-refractivity contribution in [2.45, 2.75) is 25.8 Å². The van der Waals surface area contributed by atoms with Crippen molar-refractivity contribution in [1.29, 1.82) is 0 Å². The number of hydrogen-bond acceptors (Lipinski definition) is 3. The molecule has 0 amide bonds. The van der Waals surface area contributed by atoms with Gasteiger partial charge in [-0.15, -0.1) is 0 Å². The second-order valence-electron chi connectivity index (χ2n) is 5.39. The molecule has 3 aliphatic rings. The summed E-state index contributed by atoms with van der Waals surface area (Å²) in [6.45, 7) is 5.66. The largest absolute Gasteiger partial charge is 0.508 e. The molecule has 4 rings (SSSR count). The Morgan fingerprint density at radius 2 is 2.06 bits per heavy atom. The highest BCUT2D eigenvalue weighted by atomic mass is 16.3. The number of piperidine rings is 3. The van der Waals surface area contributed by atoms with Gasteiger partial charge in [-0.1, -0.05) is 0 Å². The summed E-state index contributed by atoms with van der Waals surface area (Å²) in [6, 6.07) is 6.37. The molecule has 2 N–H and O–H groups in total. The van der Waals surface area contributed by atoms with Gasteiger partial charge in [0.15, 0.2) is 0 Å². The minimum Gasteiger partial charge on any atom is -0.508 e. The number of nitrogens with one attached hydrogen (secondary N) is 1. The van der Waals surface area contributed by atoms with E-state index in [1.807, 2.05) is 19.1 Å². The standard InChI is InChI=1S/C14H20N2O/c1-10-8-12(2-3-14(10)17)15-13-9-16-6-4-11(13)5-7-16/h2-3,8,11,13,15,17H,4-7,9H2,1H3. The maximum Gasteiger partial charge on any atom is 0.118 e. The van der Waals surface area contributed by atoms with Crippen molar-refractivity contribution in [2.75, 3.05) is 25.0 Å². The molecule has 0 radical (unpaired) electrons. The number of nitrogens with zero attached hydrogens (tertiary/aromatic N) is 1. The summed E-state index contributed by atoms with van der Waals surface area (Å²) in [6.07, 6.45) is 2.66. The third-order valence-corrected chi connectivity index (χ3v) is 4.21. The second-order valence-corrected chi connectivity index (χ2v) is 5.39. The highest BCUT2D eigenvalue weighted by Crippen LogP contribution is 2.30. The number of anilines is 1. The summed E-state index contributed by atoms with van der Waals surface area (Å²) in [5, 5.41) is 13.1. The fraction of sp³-hybridized carbons (Fsp3) is 0.571. The lowest BCUT2D eigenvalue weighted by Gasteiger charge is -2.45. The lowest BCUT2D eigenvalue weighted by Crippen LogP contribution is -2.53. The Balaban J connectivity index is 1.72. The molecule has 0 saturated carbocycles. The van der Waals surface area contributed by atoms with Crippen molar-refractivity contribution in [2.24, 2.45) is 5.92 Å². The minimum absolute atomic E-state index is 0.379. The highest BCUT2D eigenvalue weighted by Gasteiger charge is 2.33. The minimum atomic E-state index is 0.379. The van der Waals surface area contributed by atoms with Crippen molar-refractivity contribution >= 4 is 5.69 Å². The Labute approximate surface area is 102 Å². The Bertz CT molecular complexity index is 411. The first-order valence-corrected chi connectivity index (χ1v) is 6.51. The first-order valence-electron chi connectivity index (χ1n) is 6.51. The van der Waals surface area contributed by atoms with E-state index in [2.05, 4.69) is 10.2 Å². The highest BCUT2D eigenvalue weighted by molar-refractivity contribution is 5.51. The number of aryl methyl sites for hydroxylation is 1. The fourth-order valence-corrected chi connectivity index (χ4v) is 3.09. The van der Waals surface area contributed by atoms with Crippen LogP contribution in [0.25, 0.3) is 0 Å². The maximum atomic E-state index is 9.52. The fourth-order valence-electron chi connectivity index (χ4n) is 3.09. The van der Waals surface area contributed by atoms with Crippen LogP contribution in [0.2, 0.25) is 0 Å². The summed E-state index contributed by atoms with van der Waals surface area (Å²) in [7, 11) is 0. The van der Waals surface area contributed by atoms with E-state index >= 15 is 0 Å². The Hall–Kier alpha value is -1.22. The molecule has 1 aromatic carbocycles. The number of phenolic OH excluding ortho intramolecular Hbond substituents is 1. The molecule has 1 unspecified atom stereocenters. The number of phenols is 1. The van der Waals surface area contributed by atoms with Gasteiger partial charge in [-0.05, 0) is 62.5 Å². The van der Waals surface area contributed by atoms with E-state index in [9.17, 15) is 5.11 Å². The van der Waals surface area contributed by atoms with E-state index in [1.165, 1.54) is 32.5 Å². The van der Waals surface area contributed by atoms with Crippen molar-refractivity contribution in [3.8, 4) is 5.75 Å². The van der Waals surface area contributed by atoms with Gasteiger partial charge in [0.1, 0.15) is 5.75 Å². The molecule has 1 atom stereocenters. The van der Waals surface area contributed by atoms with Crippen LogP contribution in [0.3, 0.4) is 0 Å². The lowest BCUT2D eigenvalue weighted by atomic mass is 9.84. The quantitative estimate of drug-likeness (QED) is 0.767. The van der Waals surface area contributed by atoms with E-state index in [0.29, 0.717) is 11.8 Å². The van der Waals surface area contributed by atoms with Crippen LogP contribution in [0, 0.1) is 12.8 Å². The van der Waals surface area contributed by atoms with Gasteiger partial charge in [0, 0.05) is 18.3 Å². The zero-order chi connectivity index (χ0) is 11.8. The Morgan fingerprint density at radius 1 is 1.29 bits per heavy atom.